The fourth-order valence-electron chi connectivity index (χ4n) is 2.52. The van der Waals surface area contributed by atoms with Gasteiger partial charge in [0.2, 0.25) is 0 Å². The highest BCUT2D eigenvalue weighted by molar-refractivity contribution is 6.08. The smallest absolute Gasteiger partial charge is 0.340 e. The second-order valence-corrected chi connectivity index (χ2v) is 5.55. The van der Waals surface area contributed by atoms with Crippen molar-refractivity contribution in [3.05, 3.63) is 11.3 Å². The highest BCUT2D eigenvalue weighted by Crippen LogP contribution is 2.37. The van der Waals surface area contributed by atoms with E-state index in [1.807, 2.05) is 6.92 Å². The van der Waals surface area contributed by atoms with Crippen LogP contribution in [-0.4, -0.2) is 35.9 Å². The van der Waals surface area contributed by atoms with Gasteiger partial charge in [-0.25, -0.2) is 4.79 Å². The van der Waals surface area contributed by atoms with Crippen molar-refractivity contribution in [1.82, 2.24) is 5.32 Å². The van der Waals surface area contributed by atoms with Crippen LogP contribution < -0.4 is 5.32 Å². The Hall–Kier alpha value is -2.36. The summed E-state index contributed by atoms with van der Waals surface area (Å²) in [6, 6.07) is 1.70. The molecule has 0 radical (unpaired) electrons. The van der Waals surface area contributed by atoms with Crippen molar-refractivity contribution in [2.75, 3.05) is 6.61 Å². The summed E-state index contributed by atoms with van der Waals surface area (Å²) in [6.07, 6.45) is 3.13. The van der Waals surface area contributed by atoms with Gasteiger partial charge in [0.05, 0.1) is 12.0 Å². The van der Waals surface area contributed by atoms with Gasteiger partial charge >= 0.3 is 11.9 Å². The summed E-state index contributed by atoms with van der Waals surface area (Å²) in [6.45, 7) is 3.98. The minimum atomic E-state index is -1.31. The molecular weight excluding hydrogens is 286 g/mol. The zero-order valence-electron chi connectivity index (χ0n) is 12.8. The summed E-state index contributed by atoms with van der Waals surface area (Å²) in [5.41, 5.74) is -1.00. The zero-order chi connectivity index (χ0) is 16.8. The number of hydrogen-bond donors (Lipinski definition) is 3. The molecule has 1 aliphatic rings. The normalized spacial score (nSPS) is 25.4. The van der Waals surface area contributed by atoms with Gasteiger partial charge < -0.3 is 20.6 Å². The van der Waals surface area contributed by atoms with Gasteiger partial charge in [-0.2, -0.15) is 5.26 Å². The Labute approximate surface area is 129 Å². The number of allylic oxidation sites excluding steroid dienone is 1. The minimum Gasteiger partial charge on any atom is -0.478 e. The van der Waals surface area contributed by atoms with Crippen molar-refractivity contribution in [3.8, 4) is 6.07 Å². The number of nitriles is 1. The number of carbonyl (C=O) groups excluding carboxylic acids is 1. The first-order valence-electron chi connectivity index (χ1n) is 7.19. The Bertz CT molecular complexity index is 525. The van der Waals surface area contributed by atoms with Crippen LogP contribution in [0.25, 0.3) is 0 Å². The van der Waals surface area contributed by atoms with Crippen LogP contribution in [0.15, 0.2) is 11.3 Å². The number of rotatable bonds is 6. The number of esters is 1. The van der Waals surface area contributed by atoms with Gasteiger partial charge in [0.1, 0.15) is 17.3 Å². The molecule has 0 heterocycles. The lowest BCUT2D eigenvalue weighted by atomic mass is 9.74. The van der Waals surface area contributed by atoms with Crippen LogP contribution in [0.3, 0.4) is 0 Å². The summed E-state index contributed by atoms with van der Waals surface area (Å²) < 4.78 is 5.08. The molecule has 120 valence electrons. The SMILES string of the molecule is CCOC(=O)[C@]1(C)CC[C@@H](N/C(C#N)=C(\C=N)C(=O)O)CC1. The average Bonchev–Trinajstić information content (AvgIpc) is 2.49. The van der Waals surface area contributed by atoms with E-state index >= 15 is 0 Å². The number of nitrogens with zero attached hydrogens (tertiary/aromatic N) is 1. The number of ether oxygens (including phenoxy) is 1. The van der Waals surface area contributed by atoms with Crippen LogP contribution in [0, 0.1) is 22.2 Å². The zero-order valence-corrected chi connectivity index (χ0v) is 12.8. The van der Waals surface area contributed by atoms with E-state index in [0.717, 1.165) is 0 Å². The molecule has 7 nitrogen and oxygen atoms in total. The van der Waals surface area contributed by atoms with Crippen LogP contribution in [0.1, 0.15) is 39.5 Å². The van der Waals surface area contributed by atoms with Gasteiger partial charge in [-0.3, -0.25) is 4.79 Å². The monoisotopic (exact) mass is 307 g/mol. The molecule has 0 unspecified atom stereocenters. The Balaban J connectivity index is 2.73. The van der Waals surface area contributed by atoms with E-state index in [-0.39, 0.29) is 23.3 Å². The molecular formula is C15H21N3O4. The molecule has 0 atom stereocenters. The molecule has 0 aromatic rings. The van der Waals surface area contributed by atoms with Gasteiger partial charge in [-0.15, -0.1) is 0 Å². The number of carboxylic acids is 1. The standard InChI is InChI=1S/C15H21N3O4/c1-3-22-14(21)15(2)6-4-10(5-7-15)18-12(9-17)11(8-16)13(19)20/h8,10,16,18H,3-7H2,1-2H3,(H,19,20)/b12-11+,16-8?/t10-,15-. The lowest BCUT2D eigenvalue weighted by Gasteiger charge is -2.35. The molecule has 0 bridgehead atoms. The van der Waals surface area contributed by atoms with Crippen molar-refractivity contribution >= 4 is 18.2 Å². The maximum absolute atomic E-state index is 11.9. The van der Waals surface area contributed by atoms with Crippen molar-refractivity contribution in [2.45, 2.75) is 45.6 Å². The molecule has 0 aliphatic heterocycles. The van der Waals surface area contributed by atoms with Gasteiger partial charge in [-0.05, 0) is 39.5 Å². The molecule has 0 amide bonds. The lowest BCUT2D eigenvalue weighted by Crippen LogP contribution is -2.40. The Morgan fingerprint density at radius 2 is 2.09 bits per heavy atom. The fourth-order valence-corrected chi connectivity index (χ4v) is 2.52. The number of hydrogen-bond acceptors (Lipinski definition) is 6. The topological polar surface area (TPSA) is 123 Å². The van der Waals surface area contributed by atoms with E-state index in [1.54, 1.807) is 13.0 Å². The van der Waals surface area contributed by atoms with Crippen LogP contribution in [0.4, 0.5) is 0 Å². The van der Waals surface area contributed by atoms with Gasteiger partial charge in [0.25, 0.3) is 0 Å². The van der Waals surface area contributed by atoms with Crippen LogP contribution in [-0.2, 0) is 14.3 Å². The molecule has 0 aromatic carbocycles. The third-order valence-corrected chi connectivity index (χ3v) is 3.96. The van der Waals surface area contributed by atoms with E-state index in [9.17, 15) is 9.59 Å². The van der Waals surface area contributed by atoms with E-state index in [0.29, 0.717) is 38.5 Å². The van der Waals surface area contributed by atoms with Crippen molar-refractivity contribution in [2.24, 2.45) is 5.41 Å². The summed E-state index contributed by atoms with van der Waals surface area (Å²) in [7, 11) is 0. The number of nitrogens with one attached hydrogen (secondary N) is 2. The average molecular weight is 307 g/mol. The van der Waals surface area contributed by atoms with Gasteiger partial charge in [-0.1, -0.05) is 0 Å². The Morgan fingerprint density at radius 3 is 2.50 bits per heavy atom. The van der Waals surface area contributed by atoms with E-state index < -0.39 is 11.4 Å². The molecule has 0 spiro atoms. The number of carboxylic acid groups (broad SMARTS) is 1. The van der Waals surface area contributed by atoms with Gasteiger partial charge in [0, 0.05) is 12.3 Å². The van der Waals surface area contributed by atoms with Crippen molar-refractivity contribution in [3.63, 3.8) is 0 Å². The second-order valence-electron chi connectivity index (χ2n) is 5.55. The molecule has 1 aliphatic carbocycles. The molecule has 0 aromatic heterocycles. The predicted molar refractivity (Wildman–Crippen MR) is 79.2 cm³/mol. The van der Waals surface area contributed by atoms with Crippen LogP contribution in [0.2, 0.25) is 0 Å². The molecule has 3 N–H and O–H groups in total. The molecule has 0 saturated heterocycles. The van der Waals surface area contributed by atoms with E-state index in [2.05, 4.69) is 5.32 Å². The molecule has 22 heavy (non-hydrogen) atoms. The summed E-state index contributed by atoms with van der Waals surface area (Å²) >= 11 is 0. The van der Waals surface area contributed by atoms with Crippen molar-refractivity contribution in [1.29, 1.82) is 10.7 Å². The Kier molecular flexibility index (Phi) is 6.11. The summed E-state index contributed by atoms with van der Waals surface area (Å²) in [5, 5.41) is 28.0. The third kappa shape index (κ3) is 4.07. The maximum Gasteiger partial charge on any atom is 0.340 e. The minimum absolute atomic E-state index is 0.0912. The van der Waals surface area contributed by atoms with Crippen LogP contribution in [0.5, 0.6) is 0 Å². The largest absolute Gasteiger partial charge is 0.478 e. The highest BCUT2D eigenvalue weighted by atomic mass is 16.5. The quantitative estimate of drug-likeness (QED) is 0.296. The highest BCUT2D eigenvalue weighted by Gasteiger charge is 2.39. The second kappa shape index (κ2) is 7.59. The first-order chi connectivity index (χ1) is 10.4. The maximum atomic E-state index is 11.9. The number of aliphatic carboxylic acids is 1. The lowest BCUT2D eigenvalue weighted by molar-refractivity contribution is -0.156. The molecule has 1 rings (SSSR count). The first kappa shape index (κ1) is 17.7. The predicted octanol–water partition coefficient (Wildman–Crippen LogP) is 1.60. The molecule has 1 saturated carbocycles. The van der Waals surface area contributed by atoms with Crippen LogP contribution >= 0.6 is 0 Å². The summed E-state index contributed by atoms with van der Waals surface area (Å²) in [5.74, 6) is -1.53. The fraction of sp³-hybridized carbons (Fsp3) is 0.600. The first-order valence-corrected chi connectivity index (χ1v) is 7.19. The van der Waals surface area contributed by atoms with E-state index in [4.69, 9.17) is 20.5 Å². The van der Waals surface area contributed by atoms with E-state index in [1.165, 1.54) is 0 Å². The van der Waals surface area contributed by atoms with Gasteiger partial charge in [0.15, 0.2) is 0 Å². The number of carbonyl (C=O) groups is 2. The summed E-state index contributed by atoms with van der Waals surface area (Å²) in [4.78, 5) is 22.9. The molecule has 1 fully saturated rings. The Morgan fingerprint density at radius 1 is 1.50 bits per heavy atom. The van der Waals surface area contributed by atoms with Crippen molar-refractivity contribution < 1.29 is 19.4 Å². The third-order valence-electron chi connectivity index (χ3n) is 3.96. The molecule has 7 heteroatoms.